The molecule has 0 atom stereocenters. The van der Waals surface area contributed by atoms with Crippen LogP contribution in [0.5, 0.6) is 0 Å². The maximum atomic E-state index is 11.7. The molecule has 0 saturated carbocycles. The molecule has 0 aromatic carbocycles. The first-order chi connectivity index (χ1) is 6.72. The number of aromatic nitrogens is 2. The highest BCUT2D eigenvalue weighted by atomic mass is 32.2. The summed E-state index contributed by atoms with van der Waals surface area (Å²) in [5, 5.41) is 0. The molecular formula is C10H16N2O2S. The highest BCUT2D eigenvalue weighted by Crippen LogP contribution is 2.28. The minimum atomic E-state index is -0.293. The zero-order valence-electron chi connectivity index (χ0n) is 9.70. The summed E-state index contributed by atoms with van der Waals surface area (Å²) in [6, 6.07) is 0. The maximum absolute atomic E-state index is 11.7. The molecule has 0 aliphatic rings. The Balaban J connectivity index is 3.34. The first-order valence-corrected chi connectivity index (χ1v) is 5.50. The molecule has 0 unspecified atom stereocenters. The molecule has 5 heteroatoms. The fourth-order valence-electron chi connectivity index (χ4n) is 1.17. The summed E-state index contributed by atoms with van der Waals surface area (Å²) in [6.45, 7) is 6.09. The molecule has 84 valence electrons. The lowest BCUT2D eigenvalue weighted by molar-refractivity contribution is 0.659. The van der Waals surface area contributed by atoms with Crippen molar-refractivity contribution in [3.05, 3.63) is 27.0 Å². The largest absolute Gasteiger partial charge is 0.330 e. The van der Waals surface area contributed by atoms with E-state index < -0.39 is 0 Å². The first-order valence-electron chi connectivity index (χ1n) is 4.68. The van der Waals surface area contributed by atoms with Crippen molar-refractivity contribution in [2.75, 3.05) is 0 Å². The second kappa shape index (κ2) is 3.89. The Morgan fingerprint density at radius 1 is 1.20 bits per heavy atom. The van der Waals surface area contributed by atoms with Crippen molar-refractivity contribution in [3.8, 4) is 0 Å². The summed E-state index contributed by atoms with van der Waals surface area (Å²) in [4.78, 5) is 23.8. The van der Waals surface area contributed by atoms with Crippen LogP contribution in [0.3, 0.4) is 0 Å². The lowest BCUT2D eigenvalue weighted by atomic mass is 10.3. The van der Waals surface area contributed by atoms with Gasteiger partial charge in [-0.25, -0.2) is 4.79 Å². The minimum Gasteiger partial charge on any atom is -0.302 e. The molecule has 0 fully saturated rings. The third kappa shape index (κ3) is 2.75. The van der Waals surface area contributed by atoms with Gasteiger partial charge >= 0.3 is 5.69 Å². The van der Waals surface area contributed by atoms with Crippen molar-refractivity contribution in [1.29, 1.82) is 0 Å². The van der Waals surface area contributed by atoms with E-state index in [1.54, 1.807) is 13.2 Å². The van der Waals surface area contributed by atoms with E-state index >= 15 is 0 Å². The predicted molar refractivity (Wildman–Crippen MR) is 62.5 cm³/mol. The minimum absolute atomic E-state index is 0.0381. The zero-order valence-corrected chi connectivity index (χ0v) is 10.5. The summed E-state index contributed by atoms with van der Waals surface area (Å²) in [6.07, 6.45) is 1.60. The van der Waals surface area contributed by atoms with Crippen molar-refractivity contribution in [1.82, 2.24) is 9.13 Å². The molecule has 0 spiro atoms. The molecule has 1 aromatic rings. The van der Waals surface area contributed by atoms with E-state index in [1.807, 2.05) is 20.8 Å². The van der Waals surface area contributed by atoms with Gasteiger partial charge in [0.15, 0.2) is 0 Å². The normalized spacial score (nSPS) is 11.8. The van der Waals surface area contributed by atoms with Crippen molar-refractivity contribution >= 4 is 11.8 Å². The fraction of sp³-hybridized carbons (Fsp3) is 0.600. The van der Waals surface area contributed by atoms with Crippen LogP contribution in [0.1, 0.15) is 20.8 Å². The Kier molecular flexibility index (Phi) is 3.13. The molecule has 0 bridgehead atoms. The van der Waals surface area contributed by atoms with E-state index in [2.05, 4.69) is 0 Å². The molecule has 0 aliphatic carbocycles. The van der Waals surface area contributed by atoms with Gasteiger partial charge < -0.3 is 4.57 Å². The van der Waals surface area contributed by atoms with Crippen LogP contribution in [0.15, 0.2) is 20.7 Å². The average molecular weight is 228 g/mol. The van der Waals surface area contributed by atoms with Crippen LogP contribution in [0, 0.1) is 0 Å². The van der Waals surface area contributed by atoms with E-state index in [0.29, 0.717) is 4.90 Å². The van der Waals surface area contributed by atoms with Gasteiger partial charge in [0.25, 0.3) is 5.56 Å². The topological polar surface area (TPSA) is 44.0 Å². The number of nitrogens with zero attached hydrogens (tertiary/aromatic N) is 2. The SMILES string of the molecule is Cn1cc(SC(C)(C)C)c(=O)n(C)c1=O. The number of rotatable bonds is 1. The van der Waals surface area contributed by atoms with Crippen LogP contribution in [-0.4, -0.2) is 13.9 Å². The Morgan fingerprint density at radius 3 is 2.20 bits per heavy atom. The number of hydrogen-bond acceptors (Lipinski definition) is 3. The van der Waals surface area contributed by atoms with Crippen LogP contribution in [0.4, 0.5) is 0 Å². The van der Waals surface area contributed by atoms with Crippen LogP contribution in [0.2, 0.25) is 0 Å². The van der Waals surface area contributed by atoms with Gasteiger partial charge in [0.2, 0.25) is 0 Å². The molecule has 0 amide bonds. The summed E-state index contributed by atoms with van der Waals surface area (Å²) in [7, 11) is 3.14. The smallest absolute Gasteiger partial charge is 0.302 e. The molecule has 1 heterocycles. The van der Waals surface area contributed by atoms with E-state index in [9.17, 15) is 9.59 Å². The summed E-state index contributed by atoms with van der Waals surface area (Å²) in [5.74, 6) is 0. The van der Waals surface area contributed by atoms with Crippen molar-refractivity contribution in [2.45, 2.75) is 30.4 Å². The van der Waals surface area contributed by atoms with Gasteiger partial charge in [0.1, 0.15) is 0 Å². The van der Waals surface area contributed by atoms with E-state index in [-0.39, 0.29) is 16.0 Å². The number of thioether (sulfide) groups is 1. The van der Waals surface area contributed by atoms with Crippen LogP contribution < -0.4 is 11.2 Å². The molecule has 1 rings (SSSR count). The summed E-state index contributed by atoms with van der Waals surface area (Å²) in [5.41, 5.74) is -0.517. The van der Waals surface area contributed by atoms with Gasteiger partial charge in [-0.15, -0.1) is 11.8 Å². The lowest BCUT2D eigenvalue weighted by Gasteiger charge is -2.17. The molecule has 1 aromatic heterocycles. The van der Waals surface area contributed by atoms with Crippen LogP contribution >= 0.6 is 11.8 Å². The lowest BCUT2D eigenvalue weighted by Crippen LogP contribution is -2.37. The number of aryl methyl sites for hydroxylation is 1. The highest BCUT2D eigenvalue weighted by molar-refractivity contribution is 8.00. The quantitative estimate of drug-likeness (QED) is 0.673. The molecule has 15 heavy (non-hydrogen) atoms. The van der Waals surface area contributed by atoms with Gasteiger partial charge in [0, 0.05) is 25.0 Å². The third-order valence-electron chi connectivity index (χ3n) is 1.83. The van der Waals surface area contributed by atoms with Crippen molar-refractivity contribution < 1.29 is 0 Å². The van der Waals surface area contributed by atoms with Gasteiger partial charge in [-0.05, 0) is 0 Å². The summed E-state index contributed by atoms with van der Waals surface area (Å²) >= 11 is 1.47. The van der Waals surface area contributed by atoms with Gasteiger partial charge in [-0.1, -0.05) is 20.8 Å². The standard InChI is InChI=1S/C10H16N2O2S/c1-10(2,3)15-7-6-11(4)9(14)12(5)8(7)13/h6H,1-5H3. The molecule has 0 N–H and O–H groups in total. The van der Waals surface area contributed by atoms with E-state index in [4.69, 9.17) is 0 Å². The maximum Gasteiger partial charge on any atom is 0.330 e. The predicted octanol–water partition coefficient (Wildman–Crippen LogP) is 0.975. The van der Waals surface area contributed by atoms with E-state index in [0.717, 1.165) is 4.57 Å². The van der Waals surface area contributed by atoms with Crippen LogP contribution in [0.25, 0.3) is 0 Å². The highest BCUT2D eigenvalue weighted by Gasteiger charge is 2.16. The summed E-state index contributed by atoms with van der Waals surface area (Å²) < 4.78 is 2.52. The molecular weight excluding hydrogens is 212 g/mol. The van der Waals surface area contributed by atoms with Crippen LogP contribution in [-0.2, 0) is 14.1 Å². The van der Waals surface area contributed by atoms with Crippen molar-refractivity contribution in [2.24, 2.45) is 14.1 Å². The van der Waals surface area contributed by atoms with Crippen molar-refractivity contribution in [3.63, 3.8) is 0 Å². The second-order valence-corrected chi connectivity index (χ2v) is 6.33. The third-order valence-corrected chi connectivity index (χ3v) is 2.94. The Bertz CT molecular complexity index is 480. The Labute approximate surface area is 92.9 Å². The average Bonchev–Trinajstić information content (AvgIpc) is 2.08. The zero-order chi connectivity index (χ0) is 11.8. The van der Waals surface area contributed by atoms with Gasteiger partial charge in [0.05, 0.1) is 4.90 Å². The molecule has 4 nitrogen and oxygen atoms in total. The molecule has 0 saturated heterocycles. The van der Waals surface area contributed by atoms with E-state index in [1.165, 1.54) is 23.4 Å². The Hall–Kier alpha value is -0.970. The monoisotopic (exact) mass is 228 g/mol. The first kappa shape index (κ1) is 12.1. The second-order valence-electron chi connectivity index (χ2n) is 4.47. The van der Waals surface area contributed by atoms with Gasteiger partial charge in [-0.2, -0.15) is 0 Å². The fourth-order valence-corrected chi connectivity index (χ4v) is 2.27. The number of hydrogen-bond donors (Lipinski definition) is 0. The molecule has 0 aliphatic heterocycles. The Morgan fingerprint density at radius 2 is 1.73 bits per heavy atom. The molecule has 0 radical (unpaired) electrons. The van der Waals surface area contributed by atoms with Gasteiger partial charge in [-0.3, -0.25) is 9.36 Å².